The highest BCUT2D eigenvalue weighted by Gasteiger charge is 2.48. The summed E-state index contributed by atoms with van der Waals surface area (Å²) in [6.45, 7) is 0.614. The summed E-state index contributed by atoms with van der Waals surface area (Å²) in [6, 6.07) is 8.03. The molecule has 1 aliphatic carbocycles. The molecule has 0 N–H and O–H groups in total. The Labute approximate surface area is 132 Å². The lowest BCUT2D eigenvalue weighted by Crippen LogP contribution is -2.31. The van der Waals surface area contributed by atoms with E-state index in [9.17, 15) is 4.57 Å². The fourth-order valence-electron chi connectivity index (χ4n) is 2.98. The molecule has 8 heteroatoms. The van der Waals surface area contributed by atoms with Crippen LogP contribution in [0, 0.1) is 0 Å². The van der Waals surface area contributed by atoms with Crippen molar-refractivity contribution in [2.45, 2.75) is 25.4 Å². The summed E-state index contributed by atoms with van der Waals surface area (Å²) in [5.41, 5.74) is 2.21. The van der Waals surface area contributed by atoms with Gasteiger partial charge in [0.25, 0.3) is 0 Å². The molecule has 0 amide bonds. The van der Waals surface area contributed by atoms with Crippen LogP contribution >= 0.6 is 7.67 Å². The van der Waals surface area contributed by atoms with Crippen LogP contribution in [0.2, 0.25) is 0 Å². The molecule has 5 rings (SSSR count). The van der Waals surface area contributed by atoms with Gasteiger partial charge in [-0.3, -0.25) is 0 Å². The van der Waals surface area contributed by atoms with Gasteiger partial charge in [0.05, 0.1) is 6.20 Å². The number of aromatic nitrogens is 4. The summed E-state index contributed by atoms with van der Waals surface area (Å²) in [4.78, 5) is 12.5. The number of imidazole rings is 1. The Balaban J connectivity index is 1.71. The first-order valence-electron chi connectivity index (χ1n) is 7.54. The van der Waals surface area contributed by atoms with Crippen molar-refractivity contribution >= 4 is 18.8 Å². The van der Waals surface area contributed by atoms with Gasteiger partial charge in [0.1, 0.15) is 23.9 Å². The Morgan fingerprint density at radius 3 is 2.96 bits per heavy atom. The number of hydrogen-bond donors (Lipinski definition) is 0. The molecule has 1 atom stereocenters. The van der Waals surface area contributed by atoms with E-state index in [-0.39, 0.29) is 6.04 Å². The van der Waals surface area contributed by atoms with Gasteiger partial charge in [-0.15, -0.1) is 0 Å². The molecule has 23 heavy (non-hydrogen) atoms. The molecule has 3 heterocycles. The minimum absolute atomic E-state index is 0.286. The molecule has 0 radical (unpaired) electrons. The van der Waals surface area contributed by atoms with Crippen molar-refractivity contribution < 1.29 is 9.09 Å². The van der Waals surface area contributed by atoms with Gasteiger partial charge in [-0.1, -0.05) is 18.2 Å². The largest absolute Gasteiger partial charge is 0.429 e. The Morgan fingerprint density at radius 2 is 2.09 bits per heavy atom. The van der Waals surface area contributed by atoms with Gasteiger partial charge in [-0.05, 0) is 18.9 Å². The van der Waals surface area contributed by atoms with Crippen molar-refractivity contribution in [1.82, 2.24) is 24.0 Å². The Kier molecular flexibility index (Phi) is 2.66. The summed E-state index contributed by atoms with van der Waals surface area (Å²) in [5.74, 6) is 0.670. The first-order valence-corrected chi connectivity index (χ1v) is 9.07. The number of benzene rings is 1. The summed E-state index contributed by atoms with van der Waals surface area (Å²) in [5, 5.41) is 0. The maximum atomic E-state index is 13.9. The number of para-hydroxylation sites is 1. The third-order valence-electron chi connectivity index (χ3n) is 4.28. The predicted molar refractivity (Wildman–Crippen MR) is 84.0 cm³/mol. The molecule has 1 fully saturated rings. The van der Waals surface area contributed by atoms with Gasteiger partial charge < -0.3 is 4.52 Å². The van der Waals surface area contributed by atoms with Gasteiger partial charge in [-0.2, -0.15) is 4.67 Å². The molecule has 7 nitrogen and oxygen atoms in total. The maximum Gasteiger partial charge on any atom is 0.429 e. The average molecular weight is 327 g/mol. The quantitative estimate of drug-likeness (QED) is 0.674. The molecule has 1 aliphatic heterocycles. The van der Waals surface area contributed by atoms with Crippen LogP contribution in [-0.2, 0) is 11.1 Å². The zero-order valence-corrected chi connectivity index (χ0v) is 13.1. The fourth-order valence-corrected chi connectivity index (χ4v) is 5.41. The second kappa shape index (κ2) is 4.63. The first-order chi connectivity index (χ1) is 11.3. The van der Waals surface area contributed by atoms with Crippen LogP contribution in [0.4, 0.5) is 0 Å². The van der Waals surface area contributed by atoms with Crippen LogP contribution in [0.1, 0.15) is 18.4 Å². The zero-order valence-electron chi connectivity index (χ0n) is 12.2. The van der Waals surface area contributed by atoms with E-state index in [0.717, 1.165) is 18.4 Å². The molecule has 1 aromatic carbocycles. The van der Waals surface area contributed by atoms with Crippen LogP contribution < -0.4 is 4.52 Å². The normalized spacial score (nSPS) is 24.3. The topological polar surface area (TPSA) is 73.1 Å². The van der Waals surface area contributed by atoms with E-state index >= 15 is 0 Å². The Hall–Kier alpha value is -2.24. The van der Waals surface area contributed by atoms with Crippen LogP contribution in [0.25, 0.3) is 11.2 Å². The summed E-state index contributed by atoms with van der Waals surface area (Å²) in [6.07, 6.45) is 6.67. The zero-order chi connectivity index (χ0) is 15.4. The number of hydrogen-bond acceptors (Lipinski definition) is 5. The number of fused-ring (bicyclic) bond motifs is 2. The Bertz CT molecular complexity index is 952. The van der Waals surface area contributed by atoms with E-state index in [0.29, 0.717) is 23.5 Å². The van der Waals surface area contributed by atoms with Gasteiger partial charge in [0, 0.05) is 18.2 Å². The Morgan fingerprint density at radius 1 is 1.22 bits per heavy atom. The van der Waals surface area contributed by atoms with Crippen molar-refractivity contribution in [3.8, 4) is 5.75 Å². The molecule has 0 saturated heterocycles. The number of rotatable bonds is 2. The molecule has 3 aromatic rings. The SMILES string of the molecule is O=P1(n2cnc3cncnc32)Oc2ccccc2CN1C1CC1. The highest BCUT2D eigenvalue weighted by molar-refractivity contribution is 7.55. The van der Waals surface area contributed by atoms with Crippen molar-refractivity contribution in [2.24, 2.45) is 0 Å². The van der Waals surface area contributed by atoms with E-state index < -0.39 is 7.67 Å². The molecule has 1 saturated carbocycles. The summed E-state index contributed by atoms with van der Waals surface area (Å²) in [7, 11) is -3.30. The molecule has 116 valence electrons. The molecule has 1 unspecified atom stereocenters. The van der Waals surface area contributed by atoms with Crippen molar-refractivity contribution in [2.75, 3.05) is 0 Å². The highest BCUT2D eigenvalue weighted by Crippen LogP contribution is 2.61. The van der Waals surface area contributed by atoms with E-state index in [1.165, 1.54) is 6.33 Å². The average Bonchev–Trinajstić information content (AvgIpc) is 3.32. The van der Waals surface area contributed by atoms with Gasteiger partial charge in [0.2, 0.25) is 0 Å². The summed E-state index contributed by atoms with van der Waals surface area (Å²) < 4.78 is 23.4. The molecule has 0 bridgehead atoms. The fraction of sp³-hybridized carbons (Fsp3) is 0.267. The standard InChI is InChI=1S/C15H14N5O2P/c21-23(20-10-18-13-7-16-9-17-15(13)20)19(12-5-6-12)8-11-3-1-2-4-14(11)22-23/h1-4,7,9-10,12H,5-6,8H2. The minimum atomic E-state index is -3.30. The molecule has 2 aliphatic rings. The molecule has 2 aromatic heterocycles. The second-order valence-corrected chi connectivity index (χ2v) is 7.95. The van der Waals surface area contributed by atoms with E-state index in [2.05, 4.69) is 15.0 Å². The molecular weight excluding hydrogens is 313 g/mol. The van der Waals surface area contributed by atoms with Gasteiger partial charge in [0.15, 0.2) is 5.65 Å². The third-order valence-corrected chi connectivity index (χ3v) is 6.67. The van der Waals surface area contributed by atoms with Crippen LogP contribution in [0.5, 0.6) is 5.75 Å². The number of nitrogens with zero attached hydrogens (tertiary/aromatic N) is 5. The predicted octanol–water partition coefficient (Wildman–Crippen LogP) is 2.84. The van der Waals surface area contributed by atoms with Crippen LogP contribution in [0.3, 0.4) is 0 Å². The van der Waals surface area contributed by atoms with E-state index in [4.69, 9.17) is 4.52 Å². The third kappa shape index (κ3) is 1.93. The maximum absolute atomic E-state index is 13.9. The van der Waals surface area contributed by atoms with Crippen LogP contribution in [0.15, 0.2) is 43.1 Å². The lowest BCUT2D eigenvalue weighted by molar-refractivity contribution is 0.307. The monoisotopic (exact) mass is 327 g/mol. The van der Waals surface area contributed by atoms with Crippen molar-refractivity contribution in [3.05, 3.63) is 48.7 Å². The first kappa shape index (κ1) is 13.2. The molecule has 0 spiro atoms. The molecular formula is C15H14N5O2P. The van der Waals surface area contributed by atoms with Crippen LogP contribution in [-0.4, -0.2) is 30.0 Å². The second-order valence-electron chi connectivity index (χ2n) is 5.84. The lowest BCUT2D eigenvalue weighted by Gasteiger charge is -2.36. The highest BCUT2D eigenvalue weighted by atomic mass is 31.2. The van der Waals surface area contributed by atoms with Crippen molar-refractivity contribution in [3.63, 3.8) is 0 Å². The van der Waals surface area contributed by atoms with E-state index in [1.54, 1.807) is 16.9 Å². The van der Waals surface area contributed by atoms with Gasteiger partial charge >= 0.3 is 7.67 Å². The smallest absolute Gasteiger partial charge is 0.417 e. The van der Waals surface area contributed by atoms with Crippen molar-refractivity contribution in [1.29, 1.82) is 0 Å². The lowest BCUT2D eigenvalue weighted by atomic mass is 10.2. The van der Waals surface area contributed by atoms with E-state index in [1.807, 2.05) is 28.9 Å². The summed E-state index contributed by atoms with van der Waals surface area (Å²) >= 11 is 0. The van der Waals surface area contributed by atoms with Gasteiger partial charge in [-0.25, -0.2) is 23.9 Å². The minimum Gasteiger partial charge on any atom is -0.417 e.